The summed E-state index contributed by atoms with van der Waals surface area (Å²) in [5.74, 6) is 0.616. The zero-order valence-electron chi connectivity index (χ0n) is 11.2. The predicted molar refractivity (Wildman–Crippen MR) is 83.3 cm³/mol. The van der Waals surface area contributed by atoms with Gasteiger partial charge in [-0.15, -0.1) is 0 Å². The average Bonchev–Trinajstić information content (AvgIpc) is 2.40. The molecule has 1 aromatic carbocycles. The van der Waals surface area contributed by atoms with Gasteiger partial charge >= 0.3 is 0 Å². The third-order valence-corrected chi connectivity index (χ3v) is 2.92. The lowest BCUT2D eigenvalue weighted by atomic mass is 10.3. The molecule has 0 unspecified atom stereocenters. The summed E-state index contributed by atoms with van der Waals surface area (Å²) in [5.41, 5.74) is 0.837. The van der Waals surface area contributed by atoms with Crippen molar-refractivity contribution in [2.24, 2.45) is 0 Å². The third-order valence-electron chi connectivity index (χ3n) is 2.36. The van der Waals surface area contributed by atoms with Gasteiger partial charge in [-0.25, -0.2) is 0 Å². The van der Waals surface area contributed by atoms with Crippen LogP contribution < -0.4 is 15.4 Å². The Balaban J connectivity index is 2.35. The Morgan fingerprint density at radius 1 is 1.42 bits per heavy atom. The molecule has 1 rings (SSSR count). The van der Waals surface area contributed by atoms with Gasteiger partial charge in [0.25, 0.3) is 0 Å². The fourth-order valence-corrected chi connectivity index (χ4v) is 1.85. The summed E-state index contributed by atoms with van der Waals surface area (Å²) in [5, 5.41) is 7.33. The van der Waals surface area contributed by atoms with Crippen molar-refractivity contribution in [3.63, 3.8) is 0 Å². The Morgan fingerprint density at radius 3 is 2.89 bits per heavy atom. The molecule has 0 atom stereocenters. The quantitative estimate of drug-likeness (QED) is 0.598. The van der Waals surface area contributed by atoms with Crippen LogP contribution in [0.1, 0.15) is 13.3 Å². The summed E-state index contributed by atoms with van der Waals surface area (Å²) in [7, 11) is 1.58. The van der Waals surface area contributed by atoms with Gasteiger partial charge in [0.1, 0.15) is 5.75 Å². The number of hydrogen-bond acceptors (Lipinski definition) is 3. The minimum atomic E-state index is 0.570. The molecule has 0 spiro atoms. The number of nitrogens with one attached hydrogen (secondary N) is 2. The van der Waals surface area contributed by atoms with Gasteiger partial charge in [0.2, 0.25) is 0 Å². The Kier molecular flexibility index (Phi) is 7.55. The fourth-order valence-electron chi connectivity index (χ4n) is 1.43. The van der Waals surface area contributed by atoms with Gasteiger partial charge in [-0.1, -0.05) is 11.6 Å². The summed E-state index contributed by atoms with van der Waals surface area (Å²) in [6.45, 7) is 4.23. The minimum absolute atomic E-state index is 0.570. The average molecular weight is 303 g/mol. The van der Waals surface area contributed by atoms with Crippen molar-refractivity contribution in [1.82, 2.24) is 5.32 Å². The second-order valence-electron chi connectivity index (χ2n) is 3.78. The van der Waals surface area contributed by atoms with Crippen molar-refractivity contribution in [1.29, 1.82) is 0 Å². The molecule has 0 aliphatic carbocycles. The molecule has 0 aliphatic heterocycles. The summed E-state index contributed by atoms with van der Waals surface area (Å²) >= 11 is 11.1. The SMILES string of the molecule is CCOCCCNC(=S)Nc1ccc(Cl)c(OC)c1. The molecule has 0 heterocycles. The van der Waals surface area contributed by atoms with Gasteiger partial charge in [-0.3, -0.25) is 0 Å². The van der Waals surface area contributed by atoms with E-state index in [9.17, 15) is 0 Å². The van der Waals surface area contributed by atoms with E-state index < -0.39 is 0 Å². The molecule has 2 N–H and O–H groups in total. The lowest BCUT2D eigenvalue weighted by molar-refractivity contribution is 0.146. The van der Waals surface area contributed by atoms with E-state index in [1.165, 1.54) is 0 Å². The number of halogens is 1. The highest BCUT2D eigenvalue weighted by Gasteiger charge is 2.03. The maximum Gasteiger partial charge on any atom is 0.170 e. The van der Waals surface area contributed by atoms with E-state index in [1.54, 1.807) is 19.2 Å². The van der Waals surface area contributed by atoms with Crippen molar-refractivity contribution in [2.45, 2.75) is 13.3 Å². The molecule has 1 aromatic rings. The second-order valence-corrected chi connectivity index (χ2v) is 4.60. The number of hydrogen-bond donors (Lipinski definition) is 2. The smallest absolute Gasteiger partial charge is 0.170 e. The van der Waals surface area contributed by atoms with E-state index in [2.05, 4.69) is 10.6 Å². The van der Waals surface area contributed by atoms with Crippen LogP contribution in [0.25, 0.3) is 0 Å². The summed E-state index contributed by atoms with van der Waals surface area (Å²) in [6.07, 6.45) is 0.916. The molecule has 0 amide bonds. The van der Waals surface area contributed by atoms with Crippen LogP contribution >= 0.6 is 23.8 Å². The van der Waals surface area contributed by atoms with Crippen molar-refractivity contribution < 1.29 is 9.47 Å². The molecule has 19 heavy (non-hydrogen) atoms. The van der Waals surface area contributed by atoms with Gasteiger partial charge in [0, 0.05) is 31.5 Å². The van der Waals surface area contributed by atoms with Gasteiger partial charge in [-0.2, -0.15) is 0 Å². The fraction of sp³-hybridized carbons (Fsp3) is 0.462. The second kappa shape index (κ2) is 8.96. The standard InChI is InChI=1S/C13H19ClN2O2S/c1-3-18-8-4-7-15-13(19)16-10-5-6-11(14)12(9-10)17-2/h5-6,9H,3-4,7-8H2,1-2H3,(H2,15,16,19). The lowest BCUT2D eigenvalue weighted by Crippen LogP contribution is -2.29. The number of methoxy groups -OCH3 is 1. The van der Waals surface area contributed by atoms with Crippen molar-refractivity contribution in [3.05, 3.63) is 23.2 Å². The molecule has 106 valence electrons. The van der Waals surface area contributed by atoms with Crippen LogP contribution in [0.2, 0.25) is 5.02 Å². The number of benzene rings is 1. The lowest BCUT2D eigenvalue weighted by Gasteiger charge is -2.12. The minimum Gasteiger partial charge on any atom is -0.495 e. The highest BCUT2D eigenvalue weighted by molar-refractivity contribution is 7.80. The van der Waals surface area contributed by atoms with Gasteiger partial charge in [0.05, 0.1) is 12.1 Å². The van der Waals surface area contributed by atoms with E-state index >= 15 is 0 Å². The van der Waals surface area contributed by atoms with Crippen LogP contribution in [-0.2, 0) is 4.74 Å². The molecule has 0 fully saturated rings. The highest BCUT2D eigenvalue weighted by atomic mass is 35.5. The van der Waals surface area contributed by atoms with Crippen LogP contribution in [0.15, 0.2) is 18.2 Å². The zero-order valence-corrected chi connectivity index (χ0v) is 12.7. The number of thiocarbonyl (C=S) groups is 1. The topological polar surface area (TPSA) is 42.5 Å². The Hall–Kier alpha value is -1.04. The van der Waals surface area contributed by atoms with Crippen molar-refractivity contribution >= 4 is 34.6 Å². The van der Waals surface area contributed by atoms with Crippen LogP contribution in [0, 0.1) is 0 Å². The molecule has 0 aromatic heterocycles. The zero-order chi connectivity index (χ0) is 14.1. The van der Waals surface area contributed by atoms with E-state index in [0.717, 1.165) is 31.9 Å². The Morgan fingerprint density at radius 2 is 2.21 bits per heavy atom. The summed E-state index contributed by atoms with van der Waals surface area (Å²) in [6, 6.07) is 5.41. The first-order valence-corrected chi connectivity index (χ1v) is 6.92. The van der Waals surface area contributed by atoms with Gasteiger partial charge in [-0.05, 0) is 37.7 Å². The van der Waals surface area contributed by atoms with E-state index in [1.807, 2.05) is 13.0 Å². The molecule has 0 saturated carbocycles. The largest absolute Gasteiger partial charge is 0.495 e. The predicted octanol–water partition coefficient (Wildman–Crippen LogP) is 3.06. The normalized spacial score (nSPS) is 10.1. The summed E-state index contributed by atoms with van der Waals surface area (Å²) < 4.78 is 10.4. The molecule has 6 heteroatoms. The maximum atomic E-state index is 5.95. The number of ether oxygens (including phenoxy) is 2. The van der Waals surface area contributed by atoms with Crippen LogP contribution in [-0.4, -0.2) is 32.0 Å². The molecule has 0 radical (unpaired) electrons. The third kappa shape index (κ3) is 6.09. The van der Waals surface area contributed by atoms with Crippen LogP contribution in [0.3, 0.4) is 0 Å². The van der Waals surface area contributed by atoms with E-state index in [-0.39, 0.29) is 0 Å². The maximum absolute atomic E-state index is 5.95. The van der Waals surface area contributed by atoms with Gasteiger partial charge in [0.15, 0.2) is 5.11 Å². The first-order valence-electron chi connectivity index (χ1n) is 6.13. The van der Waals surface area contributed by atoms with Crippen LogP contribution in [0.4, 0.5) is 5.69 Å². The first kappa shape index (κ1) is 16.0. The van der Waals surface area contributed by atoms with E-state index in [0.29, 0.717) is 15.9 Å². The van der Waals surface area contributed by atoms with Crippen molar-refractivity contribution in [3.8, 4) is 5.75 Å². The number of rotatable bonds is 7. The molecule has 0 saturated heterocycles. The number of anilines is 1. The Bertz CT molecular complexity index is 416. The summed E-state index contributed by atoms with van der Waals surface area (Å²) in [4.78, 5) is 0. The molecular formula is C13H19ClN2O2S. The van der Waals surface area contributed by atoms with Crippen molar-refractivity contribution in [2.75, 3.05) is 32.2 Å². The monoisotopic (exact) mass is 302 g/mol. The van der Waals surface area contributed by atoms with E-state index in [4.69, 9.17) is 33.3 Å². The van der Waals surface area contributed by atoms with Gasteiger partial charge < -0.3 is 20.1 Å². The Labute approximate surface area is 124 Å². The first-order chi connectivity index (χ1) is 9.17. The van der Waals surface area contributed by atoms with Crippen LogP contribution in [0.5, 0.6) is 5.75 Å². The highest BCUT2D eigenvalue weighted by Crippen LogP contribution is 2.27. The molecule has 0 aliphatic rings. The molecule has 4 nitrogen and oxygen atoms in total. The molecular weight excluding hydrogens is 284 g/mol. The molecule has 0 bridgehead atoms.